The summed E-state index contributed by atoms with van der Waals surface area (Å²) in [4.78, 5) is 26.0. The monoisotopic (exact) mass is 281 g/mol. The molecule has 20 heavy (non-hydrogen) atoms. The highest BCUT2D eigenvalue weighted by atomic mass is 16.5. The van der Waals surface area contributed by atoms with Crippen molar-refractivity contribution in [1.82, 2.24) is 4.90 Å². The Balaban J connectivity index is 2.49. The minimum absolute atomic E-state index is 0.0174. The number of esters is 1. The Bertz CT molecular complexity index is 368. The molecule has 1 atom stereocenters. The van der Waals surface area contributed by atoms with E-state index < -0.39 is 0 Å². The molecule has 0 aromatic heterocycles. The van der Waals surface area contributed by atoms with Crippen molar-refractivity contribution in [1.29, 1.82) is 0 Å². The molecule has 0 N–H and O–H groups in total. The maximum atomic E-state index is 12.2. The second-order valence-electron chi connectivity index (χ2n) is 6.62. The first-order valence-electron chi connectivity index (χ1n) is 7.39. The van der Waals surface area contributed by atoms with Crippen molar-refractivity contribution in [2.75, 3.05) is 19.7 Å². The quantitative estimate of drug-likeness (QED) is 0.588. The smallest absolute Gasteiger partial charge is 0.311 e. The van der Waals surface area contributed by atoms with E-state index in [1.54, 1.807) is 0 Å². The largest absolute Gasteiger partial charge is 0.461 e. The second-order valence-corrected chi connectivity index (χ2v) is 6.62. The van der Waals surface area contributed by atoms with E-state index in [1.165, 1.54) is 0 Å². The van der Waals surface area contributed by atoms with Gasteiger partial charge in [-0.05, 0) is 25.2 Å². The molecule has 114 valence electrons. The zero-order valence-corrected chi connectivity index (χ0v) is 13.1. The number of amides is 1. The minimum atomic E-state index is -0.184. The number of nitrogens with zero attached hydrogens (tertiary/aromatic N) is 1. The predicted octanol–water partition coefficient (Wildman–Crippen LogP) is 2.78. The minimum Gasteiger partial charge on any atom is -0.461 e. The summed E-state index contributed by atoms with van der Waals surface area (Å²) in [6, 6.07) is 0. The highest BCUT2D eigenvalue weighted by molar-refractivity contribution is 5.79. The van der Waals surface area contributed by atoms with Crippen LogP contribution in [0.4, 0.5) is 0 Å². The number of piperidine rings is 1. The van der Waals surface area contributed by atoms with Crippen LogP contribution in [0.1, 0.15) is 47.0 Å². The third-order valence-corrected chi connectivity index (χ3v) is 3.35. The van der Waals surface area contributed by atoms with Crippen LogP contribution in [0, 0.1) is 11.3 Å². The standard InChI is InChI=1S/C16H27NO3/c1-5-6-10-20-15(19)13-8-7-9-17(12-13)14(18)11-16(2,3)4/h5-6,13H,7-12H2,1-4H3/b6-5+. The predicted molar refractivity (Wildman–Crippen MR) is 79.1 cm³/mol. The van der Waals surface area contributed by atoms with Crippen LogP contribution in [0.5, 0.6) is 0 Å². The van der Waals surface area contributed by atoms with E-state index >= 15 is 0 Å². The fraction of sp³-hybridized carbons (Fsp3) is 0.750. The van der Waals surface area contributed by atoms with Crippen LogP contribution < -0.4 is 0 Å². The van der Waals surface area contributed by atoms with Crippen LogP contribution in [-0.4, -0.2) is 36.5 Å². The summed E-state index contributed by atoms with van der Waals surface area (Å²) in [7, 11) is 0. The zero-order valence-electron chi connectivity index (χ0n) is 13.1. The fourth-order valence-corrected chi connectivity index (χ4v) is 2.31. The molecule has 1 saturated heterocycles. The van der Waals surface area contributed by atoms with Gasteiger partial charge in [-0.3, -0.25) is 9.59 Å². The van der Waals surface area contributed by atoms with E-state index in [0.717, 1.165) is 19.4 Å². The van der Waals surface area contributed by atoms with E-state index in [4.69, 9.17) is 4.74 Å². The molecule has 1 unspecified atom stereocenters. The number of hydrogen-bond acceptors (Lipinski definition) is 3. The van der Waals surface area contributed by atoms with Crippen molar-refractivity contribution in [3.05, 3.63) is 12.2 Å². The third-order valence-electron chi connectivity index (χ3n) is 3.35. The Kier molecular flexibility index (Phi) is 6.24. The van der Waals surface area contributed by atoms with Crippen molar-refractivity contribution < 1.29 is 14.3 Å². The molecule has 1 fully saturated rings. The Hall–Kier alpha value is -1.32. The molecule has 0 saturated carbocycles. The molecular weight excluding hydrogens is 254 g/mol. The normalized spacial score (nSPS) is 20.2. The Labute approximate surface area is 122 Å². The van der Waals surface area contributed by atoms with Crippen molar-refractivity contribution in [3.63, 3.8) is 0 Å². The summed E-state index contributed by atoms with van der Waals surface area (Å²) in [5.41, 5.74) is -0.0174. The number of ether oxygens (including phenoxy) is 1. The van der Waals surface area contributed by atoms with Gasteiger partial charge in [0.2, 0.25) is 5.91 Å². The SMILES string of the molecule is C/C=C/COC(=O)C1CCCN(C(=O)CC(C)(C)C)C1. The van der Waals surface area contributed by atoms with Gasteiger partial charge in [0.1, 0.15) is 6.61 Å². The van der Waals surface area contributed by atoms with Crippen LogP contribution >= 0.6 is 0 Å². The van der Waals surface area contributed by atoms with E-state index in [1.807, 2.05) is 24.0 Å². The highest BCUT2D eigenvalue weighted by Gasteiger charge is 2.30. The summed E-state index contributed by atoms with van der Waals surface area (Å²) in [6.07, 6.45) is 5.87. The molecule has 4 nitrogen and oxygen atoms in total. The van der Waals surface area contributed by atoms with Crippen LogP contribution in [0.2, 0.25) is 0 Å². The molecule has 1 aliphatic heterocycles. The highest BCUT2D eigenvalue weighted by Crippen LogP contribution is 2.23. The summed E-state index contributed by atoms with van der Waals surface area (Å²) >= 11 is 0. The lowest BCUT2D eigenvalue weighted by atomic mass is 9.90. The van der Waals surface area contributed by atoms with Crippen LogP contribution in [-0.2, 0) is 14.3 Å². The average molecular weight is 281 g/mol. The lowest BCUT2D eigenvalue weighted by Gasteiger charge is -2.33. The van der Waals surface area contributed by atoms with Crippen molar-refractivity contribution in [2.45, 2.75) is 47.0 Å². The fourth-order valence-electron chi connectivity index (χ4n) is 2.31. The lowest BCUT2D eigenvalue weighted by Crippen LogP contribution is -2.43. The number of allylic oxidation sites excluding steroid dienone is 1. The van der Waals surface area contributed by atoms with Gasteiger partial charge >= 0.3 is 5.97 Å². The molecule has 4 heteroatoms. The average Bonchev–Trinajstić information content (AvgIpc) is 2.37. The molecule has 0 aromatic carbocycles. The number of carbonyl (C=O) groups excluding carboxylic acids is 2. The van der Waals surface area contributed by atoms with E-state index in [2.05, 4.69) is 20.8 Å². The Morgan fingerprint density at radius 1 is 1.35 bits per heavy atom. The number of rotatable bonds is 4. The van der Waals surface area contributed by atoms with E-state index in [-0.39, 0.29) is 23.2 Å². The lowest BCUT2D eigenvalue weighted by molar-refractivity contribution is -0.150. The first kappa shape index (κ1) is 16.7. The van der Waals surface area contributed by atoms with Gasteiger partial charge in [0.25, 0.3) is 0 Å². The van der Waals surface area contributed by atoms with Crippen LogP contribution in [0.25, 0.3) is 0 Å². The van der Waals surface area contributed by atoms with Gasteiger partial charge in [-0.2, -0.15) is 0 Å². The molecule has 0 aromatic rings. The molecule has 1 amide bonds. The molecule has 0 aliphatic carbocycles. The Morgan fingerprint density at radius 3 is 2.65 bits per heavy atom. The van der Waals surface area contributed by atoms with Crippen molar-refractivity contribution in [3.8, 4) is 0 Å². The van der Waals surface area contributed by atoms with Gasteiger partial charge in [0.15, 0.2) is 0 Å². The van der Waals surface area contributed by atoms with Gasteiger partial charge in [-0.1, -0.05) is 32.9 Å². The topological polar surface area (TPSA) is 46.6 Å². The third kappa shape index (κ3) is 5.76. The summed E-state index contributed by atoms with van der Waals surface area (Å²) < 4.78 is 5.19. The van der Waals surface area contributed by atoms with Gasteiger partial charge < -0.3 is 9.64 Å². The molecular formula is C16H27NO3. The molecule has 0 spiro atoms. The van der Waals surface area contributed by atoms with Crippen molar-refractivity contribution in [2.24, 2.45) is 11.3 Å². The molecule has 1 rings (SSSR count). The van der Waals surface area contributed by atoms with Gasteiger partial charge in [0, 0.05) is 19.5 Å². The second kappa shape index (κ2) is 7.46. The Morgan fingerprint density at radius 2 is 2.05 bits per heavy atom. The first-order chi connectivity index (χ1) is 9.33. The van der Waals surface area contributed by atoms with E-state index in [0.29, 0.717) is 19.6 Å². The molecule has 0 radical (unpaired) electrons. The van der Waals surface area contributed by atoms with Crippen LogP contribution in [0.3, 0.4) is 0 Å². The van der Waals surface area contributed by atoms with Crippen LogP contribution in [0.15, 0.2) is 12.2 Å². The zero-order chi connectivity index (χ0) is 15.2. The molecule has 1 heterocycles. The number of hydrogen-bond donors (Lipinski definition) is 0. The van der Waals surface area contributed by atoms with Crippen molar-refractivity contribution >= 4 is 11.9 Å². The van der Waals surface area contributed by atoms with Gasteiger partial charge in [0.05, 0.1) is 5.92 Å². The molecule has 0 bridgehead atoms. The van der Waals surface area contributed by atoms with E-state index in [9.17, 15) is 9.59 Å². The number of carbonyl (C=O) groups is 2. The maximum Gasteiger partial charge on any atom is 0.311 e. The van der Waals surface area contributed by atoms with Gasteiger partial charge in [-0.25, -0.2) is 0 Å². The summed E-state index contributed by atoms with van der Waals surface area (Å²) in [6.45, 7) is 9.63. The number of likely N-dealkylation sites (tertiary alicyclic amines) is 1. The summed E-state index contributed by atoms with van der Waals surface area (Å²) in [5, 5.41) is 0. The first-order valence-corrected chi connectivity index (χ1v) is 7.39. The summed E-state index contributed by atoms with van der Waals surface area (Å²) in [5.74, 6) is -0.210. The van der Waals surface area contributed by atoms with Gasteiger partial charge in [-0.15, -0.1) is 0 Å². The molecule has 1 aliphatic rings. The maximum absolute atomic E-state index is 12.2.